The number of carbonyl (C=O) groups excluding carboxylic acids is 1. The van der Waals surface area contributed by atoms with Gasteiger partial charge in [0.25, 0.3) is 5.91 Å². The molecule has 0 radical (unpaired) electrons. The van der Waals surface area contributed by atoms with Gasteiger partial charge < -0.3 is 15.4 Å². The van der Waals surface area contributed by atoms with Crippen molar-refractivity contribution in [3.05, 3.63) is 35.9 Å². The van der Waals surface area contributed by atoms with Gasteiger partial charge in [-0.2, -0.15) is 0 Å². The van der Waals surface area contributed by atoms with E-state index in [1.165, 1.54) is 0 Å². The summed E-state index contributed by atoms with van der Waals surface area (Å²) in [6.45, 7) is 5.78. The van der Waals surface area contributed by atoms with E-state index >= 15 is 0 Å². The normalized spacial score (nSPS) is 22.7. The first-order valence-electron chi connectivity index (χ1n) is 7.28. The van der Waals surface area contributed by atoms with Gasteiger partial charge in [-0.25, -0.2) is 0 Å². The number of carbonyl (C=O) groups is 1. The monoisotopic (exact) mass is 312 g/mol. The van der Waals surface area contributed by atoms with E-state index in [1.54, 1.807) is 0 Å². The zero-order valence-corrected chi connectivity index (χ0v) is 13.5. The molecule has 1 amide bonds. The van der Waals surface area contributed by atoms with Gasteiger partial charge in [-0.05, 0) is 38.3 Å². The molecule has 2 N–H and O–H groups in total. The van der Waals surface area contributed by atoms with E-state index in [0.717, 1.165) is 18.5 Å². The Morgan fingerprint density at radius 3 is 2.67 bits per heavy atom. The van der Waals surface area contributed by atoms with E-state index in [9.17, 15) is 4.79 Å². The summed E-state index contributed by atoms with van der Waals surface area (Å²) in [6.07, 6.45) is 0.586. The number of halogens is 1. The molecule has 5 heteroatoms. The maximum absolute atomic E-state index is 12.4. The van der Waals surface area contributed by atoms with Crippen LogP contribution in [-0.4, -0.2) is 36.0 Å². The highest BCUT2D eigenvalue weighted by atomic mass is 35.5. The second kappa shape index (κ2) is 8.37. The van der Waals surface area contributed by atoms with Crippen molar-refractivity contribution in [2.24, 2.45) is 11.7 Å². The first-order chi connectivity index (χ1) is 9.61. The van der Waals surface area contributed by atoms with Crippen molar-refractivity contribution in [2.45, 2.75) is 39.0 Å². The second-order valence-corrected chi connectivity index (χ2v) is 5.62. The van der Waals surface area contributed by atoms with Crippen LogP contribution in [-0.2, 0) is 16.1 Å². The molecule has 118 valence electrons. The number of benzene rings is 1. The Balaban J connectivity index is 0.00000220. The van der Waals surface area contributed by atoms with Crippen molar-refractivity contribution in [3.63, 3.8) is 0 Å². The highest BCUT2D eigenvalue weighted by Gasteiger charge is 2.33. The molecule has 0 spiro atoms. The number of nitrogens with two attached hydrogens (primary N) is 1. The van der Waals surface area contributed by atoms with Crippen LogP contribution < -0.4 is 5.73 Å². The van der Waals surface area contributed by atoms with Crippen LogP contribution in [0.2, 0.25) is 0 Å². The minimum Gasteiger partial charge on any atom is -0.364 e. The average molecular weight is 313 g/mol. The molecule has 1 aromatic carbocycles. The number of hydrogen-bond acceptors (Lipinski definition) is 3. The van der Waals surface area contributed by atoms with Gasteiger partial charge in [-0.3, -0.25) is 4.79 Å². The maximum atomic E-state index is 12.4. The summed E-state index contributed by atoms with van der Waals surface area (Å²) in [7, 11) is 0. The van der Waals surface area contributed by atoms with Crippen molar-refractivity contribution in [1.82, 2.24) is 4.90 Å². The Hall–Kier alpha value is -1.10. The lowest BCUT2D eigenvalue weighted by atomic mass is 10.1. The van der Waals surface area contributed by atoms with Crippen molar-refractivity contribution >= 4 is 18.3 Å². The molecular weight excluding hydrogens is 288 g/mol. The molecule has 21 heavy (non-hydrogen) atoms. The average Bonchev–Trinajstić information content (AvgIpc) is 2.86. The minimum absolute atomic E-state index is 0. The van der Waals surface area contributed by atoms with Gasteiger partial charge in [0, 0.05) is 12.6 Å². The molecule has 0 aromatic heterocycles. The summed E-state index contributed by atoms with van der Waals surface area (Å²) in [6, 6.07) is 10.2. The number of ether oxygens (including phenoxy) is 1. The van der Waals surface area contributed by atoms with Gasteiger partial charge >= 0.3 is 0 Å². The second-order valence-electron chi connectivity index (χ2n) is 5.62. The molecule has 0 saturated carbocycles. The molecule has 1 aliphatic heterocycles. The number of likely N-dealkylation sites (tertiary alicyclic amines) is 1. The van der Waals surface area contributed by atoms with Crippen molar-refractivity contribution in [1.29, 1.82) is 0 Å². The van der Waals surface area contributed by atoms with Crippen LogP contribution in [0, 0.1) is 5.92 Å². The highest BCUT2D eigenvalue weighted by Crippen LogP contribution is 2.23. The Bertz CT molecular complexity index is 441. The minimum atomic E-state index is -0.408. The van der Waals surface area contributed by atoms with Crippen LogP contribution in [0.25, 0.3) is 0 Å². The van der Waals surface area contributed by atoms with Gasteiger partial charge in [-0.1, -0.05) is 30.3 Å². The Morgan fingerprint density at radius 1 is 1.43 bits per heavy atom. The van der Waals surface area contributed by atoms with Gasteiger partial charge in [0.15, 0.2) is 0 Å². The van der Waals surface area contributed by atoms with Crippen molar-refractivity contribution in [3.8, 4) is 0 Å². The lowest BCUT2D eigenvalue weighted by molar-refractivity contribution is -0.144. The molecule has 1 aliphatic rings. The SMILES string of the molecule is CC(OCc1ccccc1)C(=O)N1CC(CN)CC1C.Cl. The zero-order chi connectivity index (χ0) is 14.5. The summed E-state index contributed by atoms with van der Waals surface area (Å²) >= 11 is 0. The fraction of sp³-hybridized carbons (Fsp3) is 0.562. The predicted molar refractivity (Wildman–Crippen MR) is 86.3 cm³/mol. The van der Waals surface area contributed by atoms with Gasteiger partial charge in [0.05, 0.1) is 6.61 Å². The Kier molecular flexibility index (Phi) is 7.15. The molecule has 3 atom stereocenters. The molecule has 0 bridgehead atoms. The summed E-state index contributed by atoms with van der Waals surface area (Å²) < 4.78 is 5.70. The molecule has 1 aromatic rings. The van der Waals surface area contributed by atoms with Crippen molar-refractivity contribution in [2.75, 3.05) is 13.1 Å². The van der Waals surface area contributed by atoms with Crippen molar-refractivity contribution < 1.29 is 9.53 Å². The molecule has 0 aliphatic carbocycles. The standard InChI is InChI=1S/C16H24N2O2.ClH/c1-12-8-15(9-17)10-18(12)16(19)13(2)20-11-14-6-4-3-5-7-14;/h3-7,12-13,15H,8-11,17H2,1-2H3;1H. The molecule has 1 saturated heterocycles. The largest absolute Gasteiger partial charge is 0.364 e. The van der Waals surface area contributed by atoms with Crippen LogP contribution >= 0.6 is 12.4 Å². The lowest BCUT2D eigenvalue weighted by Gasteiger charge is -2.25. The van der Waals surface area contributed by atoms with Gasteiger partial charge in [0.1, 0.15) is 6.10 Å². The predicted octanol–water partition coefficient (Wildman–Crippen LogP) is 2.21. The number of nitrogens with zero attached hydrogens (tertiary/aromatic N) is 1. The fourth-order valence-corrected chi connectivity index (χ4v) is 2.72. The Morgan fingerprint density at radius 2 is 2.10 bits per heavy atom. The van der Waals surface area contributed by atoms with E-state index in [2.05, 4.69) is 6.92 Å². The Labute approximate surface area is 133 Å². The summed E-state index contributed by atoms with van der Waals surface area (Å²) in [5, 5.41) is 0. The molecule has 1 fully saturated rings. The zero-order valence-electron chi connectivity index (χ0n) is 12.7. The first-order valence-corrected chi connectivity index (χ1v) is 7.28. The summed E-state index contributed by atoms with van der Waals surface area (Å²) in [4.78, 5) is 14.3. The molecular formula is C16H25ClN2O2. The van der Waals surface area contributed by atoms with E-state index < -0.39 is 6.10 Å². The van der Waals surface area contributed by atoms with E-state index in [1.807, 2.05) is 42.2 Å². The highest BCUT2D eigenvalue weighted by molar-refractivity contribution is 5.85. The third-order valence-electron chi connectivity index (χ3n) is 3.97. The van der Waals surface area contributed by atoms with Gasteiger partial charge in [0.2, 0.25) is 0 Å². The maximum Gasteiger partial charge on any atom is 0.251 e. The molecule has 2 rings (SSSR count). The van der Waals surface area contributed by atoms with Gasteiger partial charge in [-0.15, -0.1) is 12.4 Å². The smallest absolute Gasteiger partial charge is 0.251 e. The van der Waals surface area contributed by atoms with Crippen LogP contribution in [0.15, 0.2) is 30.3 Å². The first kappa shape index (κ1) is 18.0. The van der Waals surface area contributed by atoms with Crippen LogP contribution in [0.1, 0.15) is 25.8 Å². The fourth-order valence-electron chi connectivity index (χ4n) is 2.72. The van der Waals surface area contributed by atoms with Crippen LogP contribution in [0.5, 0.6) is 0 Å². The van der Waals surface area contributed by atoms with E-state index in [4.69, 9.17) is 10.5 Å². The summed E-state index contributed by atoms with van der Waals surface area (Å²) in [5.74, 6) is 0.500. The number of amides is 1. The lowest BCUT2D eigenvalue weighted by Crippen LogP contribution is -2.41. The molecule has 4 nitrogen and oxygen atoms in total. The van der Waals surface area contributed by atoms with E-state index in [-0.39, 0.29) is 24.4 Å². The number of rotatable bonds is 5. The third-order valence-corrected chi connectivity index (χ3v) is 3.97. The van der Waals surface area contributed by atoms with E-state index in [0.29, 0.717) is 19.1 Å². The molecule has 3 unspecified atom stereocenters. The molecule has 1 heterocycles. The number of hydrogen-bond donors (Lipinski definition) is 1. The van der Waals surface area contributed by atoms with Crippen LogP contribution in [0.4, 0.5) is 0 Å². The topological polar surface area (TPSA) is 55.6 Å². The van der Waals surface area contributed by atoms with Crippen LogP contribution in [0.3, 0.4) is 0 Å². The third kappa shape index (κ3) is 4.70. The quantitative estimate of drug-likeness (QED) is 0.907. The summed E-state index contributed by atoms with van der Waals surface area (Å²) in [5.41, 5.74) is 6.78.